The topological polar surface area (TPSA) is 54.7 Å². The molecule has 2 aromatic carbocycles. The molecular weight excluding hydrogens is 407 g/mol. The normalized spacial score (nSPS) is 17.1. The first-order valence-corrected chi connectivity index (χ1v) is 11.0. The number of rotatable bonds is 4. The van der Waals surface area contributed by atoms with E-state index in [2.05, 4.69) is 36.4 Å². The lowest BCUT2D eigenvalue weighted by Gasteiger charge is -2.37. The van der Waals surface area contributed by atoms with E-state index in [9.17, 15) is 14.3 Å². The van der Waals surface area contributed by atoms with Crippen LogP contribution in [0.1, 0.15) is 50.6 Å². The Bertz CT molecular complexity index is 1210. The zero-order chi connectivity index (χ0) is 23.5. The van der Waals surface area contributed by atoms with Crippen LogP contribution in [-0.4, -0.2) is 34.3 Å². The molecule has 6 heteroatoms. The highest BCUT2D eigenvalue weighted by atomic mass is 19.1. The molecule has 0 fully saturated rings. The van der Waals surface area contributed by atoms with E-state index in [1.165, 1.54) is 12.1 Å². The van der Waals surface area contributed by atoms with E-state index in [1.807, 2.05) is 27.7 Å². The summed E-state index contributed by atoms with van der Waals surface area (Å²) in [6.45, 7) is 12.6. The fraction of sp³-hybridized carbons (Fsp3) is 0.423. The molecule has 0 amide bonds. The molecule has 0 spiro atoms. The lowest BCUT2D eigenvalue weighted by molar-refractivity contribution is -0.160. The van der Waals surface area contributed by atoms with Crippen LogP contribution in [-0.2, 0) is 16.1 Å². The molecule has 0 bridgehead atoms. The van der Waals surface area contributed by atoms with E-state index in [4.69, 9.17) is 4.74 Å². The van der Waals surface area contributed by atoms with Crippen LogP contribution in [0.2, 0.25) is 0 Å². The van der Waals surface area contributed by atoms with Crippen LogP contribution in [0, 0.1) is 19.7 Å². The molecule has 5 nitrogen and oxygen atoms in total. The van der Waals surface area contributed by atoms with Gasteiger partial charge in [-0.25, -0.2) is 9.18 Å². The molecule has 32 heavy (non-hydrogen) atoms. The van der Waals surface area contributed by atoms with Gasteiger partial charge in [0.2, 0.25) is 0 Å². The van der Waals surface area contributed by atoms with E-state index < -0.39 is 17.7 Å². The second-order valence-electron chi connectivity index (χ2n) is 9.84. The number of aromatic nitrogens is 1. The maximum absolute atomic E-state index is 13.8. The van der Waals surface area contributed by atoms with Gasteiger partial charge in [0, 0.05) is 36.3 Å². The Morgan fingerprint density at radius 2 is 1.84 bits per heavy atom. The van der Waals surface area contributed by atoms with Crippen LogP contribution in [0.3, 0.4) is 0 Å². The molecular formula is C26H31FN2O3. The minimum atomic E-state index is -1.16. The molecule has 1 aromatic heterocycles. The van der Waals surface area contributed by atoms with Gasteiger partial charge in [-0.1, -0.05) is 12.1 Å². The van der Waals surface area contributed by atoms with Crippen LogP contribution >= 0.6 is 0 Å². The van der Waals surface area contributed by atoms with Crippen molar-refractivity contribution < 1.29 is 19.0 Å². The smallest absolute Gasteiger partial charge is 0.337 e. The molecule has 170 valence electrons. The molecule has 0 saturated carbocycles. The number of carbonyl (C=O) groups is 1. The summed E-state index contributed by atoms with van der Waals surface area (Å²) in [5.41, 5.74) is 5.63. The quantitative estimate of drug-likeness (QED) is 0.556. The summed E-state index contributed by atoms with van der Waals surface area (Å²) in [5, 5.41) is 11.2. The summed E-state index contributed by atoms with van der Waals surface area (Å²) in [5.74, 6) is -1.37. The van der Waals surface area contributed by atoms with Gasteiger partial charge in [-0.3, -0.25) is 0 Å². The SMILES string of the molecule is Cc1c([C@H](OC(C)(C)C)C(=O)O)c(-c2ccc(F)cc2)c2cc(C)n3c2c1N(C)[C@@H](C)C3. The van der Waals surface area contributed by atoms with E-state index in [1.54, 1.807) is 12.1 Å². The predicted octanol–water partition coefficient (Wildman–Crippen LogP) is 5.84. The summed E-state index contributed by atoms with van der Waals surface area (Å²) in [6, 6.07) is 8.63. The molecule has 0 unspecified atom stereocenters. The highest BCUT2D eigenvalue weighted by Gasteiger charge is 2.36. The number of hydrogen-bond donors (Lipinski definition) is 1. The summed E-state index contributed by atoms with van der Waals surface area (Å²) in [4.78, 5) is 14.8. The molecule has 0 saturated heterocycles. The van der Waals surface area contributed by atoms with Crippen LogP contribution in [0.25, 0.3) is 22.0 Å². The van der Waals surface area contributed by atoms with Crippen molar-refractivity contribution in [3.05, 3.63) is 53.0 Å². The van der Waals surface area contributed by atoms with Crippen LogP contribution in [0.15, 0.2) is 30.3 Å². The molecule has 2 atom stereocenters. The predicted molar refractivity (Wildman–Crippen MR) is 126 cm³/mol. The van der Waals surface area contributed by atoms with Crippen LogP contribution in [0.5, 0.6) is 0 Å². The van der Waals surface area contributed by atoms with Crippen LogP contribution < -0.4 is 4.90 Å². The molecule has 2 heterocycles. The van der Waals surface area contributed by atoms with Crippen molar-refractivity contribution in [2.24, 2.45) is 0 Å². The van der Waals surface area contributed by atoms with E-state index in [-0.39, 0.29) is 11.9 Å². The van der Waals surface area contributed by atoms with Gasteiger partial charge in [0.25, 0.3) is 0 Å². The highest BCUT2D eigenvalue weighted by Crippen LogP contribution is 2.48. The first kappa shape index (κ1) is 22.3. The maximum Gasteiger partial charge on any atom is 0.337 e. The van der Waals surface area contributed by atoms with E-state index in [0.717, 1.165) is 45.5 Å². The second kappa shape index (κ2) is 7.62. The number of carboxylic acid groups (broad SMARTS) is 1. The average molecular weight is 439 g/mol. The van der Waals surface area contributed by atoms with Crippen molar-refractivity contribution in [2.45, 2.75) is 65.8 Å². The van der Waals surface area contributed by atoms with E-state index >= 15 is 0 Å². The molecule has 4 rings (SSSR count). The van der Waals surface area contributed by atoms with Gasteiger partial charge in [-0.15, -0.1) is 0 Å². The summed E-state index contributed by atoms with van der Waals surface area (Å²) in [7, 11) is 2.06. The Morgan fingerprint density at radius 1 is 1.22 bits per heavy atom. The number of aliphatic carboxylic acids is 1. The third-order valence-corrected chi connectivity index (χ3v) is 6.38. The lowest BCUT2D eigenvalue weighted by Crippen LogP contribution is -2.38. The molecule has 0 aliphatic carbocycles. The van der Waals surface area contributed by atoms with Gasteiger partial charge >= 0.3 is 5.97 Å². The minimum Gasteiger partial charge on any atom is -0.479 e. The van der Waals surface area contributed by atoms with Gasteiger partial charge in [-0.2, -0.15) is 0 Å². The van der Waals surface area contributed by atoms with Crippen molar-refractivity contribution >= 4 is 22.6 Å². The third-order valence-electron chi connectivity index (χ3n) is 6.38. The number of likely N-dealkylation sites (N-methyl/N-ethyl adjacent to an activating group) is 1. The van der Waals surface area contributed by atoms with Crippen molar-refractivity contribution in [3.8, 4) is 11.1 Å². The third kappa shape index (κ3) is 3.56. The molecule has 1 N–H and O–H groups in total. The highest BCUT2D eigenvalue weighted by molar-refractivity contribution is 6.07. The first-order chi connectivity index (χ1) is 14.9. The summed E-state index contributed by atoms with van der Waals surface area (Å²) in [6.07, 6.45) is -1.16. The molecule has 1 aliphatic rings. The largest absolute Gasteiger partial charge is 0.479 e. The van der Waals surface area contributed by atoms with Gasteiger partial charge < -0.3 is 19.3 Å². The van der Waals surface area contributed by atoms with Gasteiger partial charge in [0.05, 0.1) is 16.8 Å². The number of nitrogens with zero attached hydrogens (tertiary/aromatic N) is 2. The number of ether oxygens (including phenoxy) is 1. The number of carboxylic acids is 1. The zero-order valence-corrected chi connectivity index (χ0v) is 19.8. The number of halogens is 1. The first-order valence-electron chi connectivity index (χ1n) is 11.0. The average Bonchev–Trinajstić information content (AvgIpc) is 3.01. The van der Waals surface area contributed by atoms with Crippen molar-refractivity contribution in [1.29, 1.82) is 0 Å². The lowest BCUT2D eigenvalue weighted by atomic mass is 9.87. The fourth-order valence-corrected chi connectivity index (χ4v) is 4.88. The summed E-state index contributed by atoms with van der Waals surface area (Å²) < 4.78 is 22.2. The van der Waals surface area contributed by atoms with Crippen molar-refractivity contribution in [3.63, 3.8) is 0 Å². The second-order valence-corrected chi connectivity index (χ2v) is 9.84. The van der Waals surface area contributed by atoms with Gasteiger partial charge in [0.15, 0.2) is 6.10 Å². The number of aryl methyl sites for hydroxylation is 1. The molecule has 1 aliphatic heterocycles. The standard InChI is InChI=1S/C26H31FN2O3/c1-14-12-19-21(17-8-10-18(27)11-9-17)20(24(25(30)31)32-26(4,5)6)16(3)22-23(19)29(14)13-15(2)28(22)7/h8-12,15,24H,13H2,1-7H3,(H,30,31)/t15-,24-/m0/s1. The van der Waals surface area contributed by atoms with E-state index in [0.29, 0.717) is 5.56 Å². The maximum atomic E-state index is 13.8. The van der Waals surface area contributed by atoms with Gasteiger partial charge in [-0.05, 0) is 76.4 Å². The summed E-state index contributed by atoms with van der Waals surface area (Å²) >= 11 is 0. The van der Waals surface area contributed by atoms with Gasteiger partial charge in [0.1, 0.15) is 5.82 Å². The van der Waals surface area contributed by atoms with Crippen molar-refractivity contribution in [1.82, 2.24) is 4.57 Å². The minimum absolute atomic E-state index is 0.256. The number of benzene rings is 2. The Balaban J connectivity index is 2.17. The molecule has 0 radical (unpaired) electrons. The fourth-order valence-electron chi connectivity index (χ4n) is 4.88. The zero-order valence-electron chi connectivity index (χ0n) is 19.8. The Kier molecular flexibility index (Phi) is 5.32. The monoisotopic (exact) mass is 438 g/mol. The van der Waals surface area contributed by atoms with Crippen molar-refractivity contribution in [2.75, 3.05) is 11.9 Å². The molecule has 3 aromatic rings. The number of hydrogen-bond acceptors (Lipinski definition) is 3. The Labute approximate surface area is 188 Å². The van der Waals surface area contributed by atoms with Crippen LogP contribution in [0.4, 0.5) is 10.1 Å². The number of anilines is 1. The Hall–Kier alpha value is -2.86. The Morgan fingerprint density at radius 3 is 2.41 bits per heavy atom.